The highest BCUT2D eigenvalue weighted by Crippen LogP contribution is 2.26. The molecule has 0 fully saturated rings. The molecule has 2 rings (SSSR count). The molecule has 0 spiro atoms. The summed E-state index contributed by atoms with van der Waals surface area (Å²) in [5.41, 5.74) is 0.943. The SMILES string of the molecule is COc1cc(Cl)cc(-c2ncn(/C=C(\C(=O)O)C(C)C)n2)c1. The standard InChI is InChI=1S/C15H16ClN3O3/c1-9(2)13(15(20)21)7-19-8-17-14(18-19)10-4-11(16)6-12(5-10)22-3/h4-9H,1-3H3,(H,20,21)/b13-7-. The summed E-state index contributed by atoms with van der Waals surface area (Å²) in [5.74, 6) is -0.0683. The highest BCUT2D eigenvalue weighted by atomic mass is 35.5. The number of carboxylic acids is 1. The second kappa shape index (κ2) is 6.62. The number of benzene rings is 1. The maximum atomic E-state index is 11.2. The molecule has 2 aromatic rings. The van der Waals surface area contributed by atoms with E-state index in [2.05, 4.69) is 10.1 Å². The van der Waals surface area contributed by atoms with Crippen molar-refractivity contribution in [3.05, 3.63) is 35.1 Å². The van der Waals surface area contributed by atoms with Gasteiger partial charge in [0.15, 0.2) is 5.82 Å². The average molecular weight is 322 g/mol. The minimum absolute atomic E-state index is 0.128. The molecule has 1 aromatic carbocycles. The molecule has 1 aromatic heterocycles. The Kier molecular flexibility index (Phi) is 4.82. The van der Waals surface area contributed by atoms with Crippen LogP contribution in [-0.4, -0.2) is 33.0 Å². The predicted molar refractivity (Wildman–Crippen MR) is 83.8 cm³/mol. The Bertz CT molecular complexity index is 723. The molecule has 0 radical (unpaired) electrons. The van der Waals surface area contributed by atoms with Gasteiger partial charge in [-0.05, 0) is 24.1 Å². The van der Waals surface area contributed by atoms with E-state index in [0.29, 0.717) is 22.2 Å². The summed E-state index contributed by atoms with van der Waals surface area (Å²) in [6.07, 6.45) is 2.90. The summed E-state index contributed by atoms with van der Waals surface area (Å²) in [6, 6.07) is 5.16. The fourth-order valence-corrected chi connectivity index (χ4v) is 2.10. The van der Waals surface area contributed by atoms with Crippen LogP contribution < -0.4 is 4.74 Å². The fraction of sp³-hybridized carbons (Fsp3) is 0.267. The number of hydrogen-bond donors (Lipinski definition) is 1. The van der Waals surface area contributed by atoms with Gasteiger partial charge in [-0.2, -0.15) is 0 Å². The van der Waals surface area contributed by atoms with E-state index in [9.17, 15) is 4.79 Å². The molecule has 1 heterocycles. The Balaban J connectivity index is 2.38. The molecular formula is C15H16ClN3O3. The predicted octanol–water partition coefficient (Wildman–Crippen LogP) is 3.19. The lowest BCUT2D eigenvalue weighted by molar-refractivity contribution is -0.133. The molecule has 6 nitrogen and oxygen atoms in total. The summed E-state index contributed by atoms with van der Waals surface area (Å²) in [5, 5.41) is 13.9. The molecule has 0 saturated carbocycles. The third kappa shape index (κ3) is 3.65. The third-order valence-corrected chi connectivity index (χ3v) is 3.23. The number of hydrogen-bond acceptors (Lipinski definition) is 4. The zero-order valence-corrected chi connectivity index (χ0v) is 13.2. The van der Waals surface area contributed by atoms with Crippen molar-refractivity contribution in [2.45, 2.75) is 13.8 Å². The van der Waals surface area contributed by atoms with E-state index in [0.717, 1.165) is 0 Å². The van der Waals surface area contributed by atoms with Crippen LogP contribution in [0.5, 0.6) is 5.75 Å². The Morgan fingerprint density at radius 3 is 2.73 bits per heavy atom. The number of rotatable bonds is 5. The van der Waals surface area contributed by atoms with E-state index >= 15 is 0 Å². The number of nitrogens with zero attached hydrogens (tertiary/aromatic N) is 3. The Morgan fingerprint density at radius 2 is 2.14 bits per heavy atom. The summed E-state index contributed by atoms with van der Waals surface area (Å²) >= 11 is 6.02. The average Bonchev–Trinajstić information content (AvgIpc) is 2.92. The van der Waals surface area contributed by atoms with Crippen LogP contribution in [0, 0.1) is 5.92 Å². The number of aromatic nitrogens is 3. The molecule has 116 valence electrons. The second-order valence-electron chi connectivity index (χ2n) is 4.97. The summed E-state index contributed by atoms with van der Waals surface area (Å²) in [4.78, 5) is 15.4. The van der Waals surface area contributed by atoms with Gasteiger partial charge in [0.25, 0.3) is 0 Å². The summed E-state index contributed by atoms with van der Waals surface area (Å²) in [6.45, 7) is 3.61. The molecule has 0 unspecified atom stereocenters. The summed E-state index contributed by atoms with van der Waals surface area (Å²) in [7, 11) is 1.55. The minimum Gasteiger partial charge on any atom is -0.497 e. The molecule has 1 N–H and O–H groups in total. The van der Waals surface area contributed by atoms with Gasteiger partial charge < -0.3 is 9.84 Å². The first-order valence-corrected chi connectivity index (χ1v) is 6.99. The smallest absolute Gasteiger partial charge is 0.333 e. The van der Waals surface area contributed by atoms with E-state index in [1.54, 1.807) is 39.2 Å². The summed E-state index contributed by atoms with van der Waals surface area (Å²) < 4.78 is 6.54. The zero-order chi connectivity index (χ0) is 16.3. The lowest BCUT2D eigenvalue weighted by Gasteiger charge is -2.05. The number of halogens is 1. The Morgan fingerprint density at radius 1 is 1.41 bits per heavy atom. The zero-order valence-electron chi connectivity index (χ0n) is 12.4. The largest absolute Gasteiger partial charge is 0.497 e. The molecule has 0 amide bonds. The number of ether oxygens (including phenoxy) is 1. The quantitative estimate of drug-likeness (QED) is 0.856. The Labute approximate surface area is 133 Å². The van der Waals surface area contributed by atoms with Crippen molar-refractivity contribution in [3.8, 4) is 17.1 Å². The first-order valence-electron chi connectivity index (χ1n) is 6.61. The van der Waals surface area contributed by atoms with Crippen molar-refractivity contribution >= 4 is 23.8 Å². The van der Waals surface area contributed by atoms with E-state index in [1.807, 2.05) is 0 Å². The van der Waals surface area contributed by atoms with Crippen LogP contribution in [0.1, 0.15) is 13.8 Å². The van der Waals surface area contributed by atoms with Crippen LogP contribution in [0.2, 0.25) is 5.02 Å². The molecule has 22 heavy (non-hydrogen) atoms. The van der Waals surface area contributed by atoms with Gasteiger partial charge in [0, 0.05) is 16.8 Å². The van der Waals surface area contributed by atoms with E-state index in [4.69, 9.17) is 21.4 Å². The highest BCUT2D eigenvalue weighted by molar-refractivity contribution is 6.31. The van der Waals surface area contributed by atoms with E-state index in [1.165, 1.54) is 17.2 Å². The number of carboxylic acid groups (broad SMARTS) is 1. The number of methoxy groups -OCH3 is 1. The molecule has 0 atom stereocenters. The number of carbonyl (C=O) groups is 1. The first kappa shape index (κ1) is 16.0. The molecule has 0 saturated heterocycles. The molecule has 0 bridgehead atoms. The lowest BCUT2D eigenvalue weighted by atomic mass is 10.1. The van der Waals surface area contributed by atoms with Gasteiger partial charge in [-0.1, -0.05) is 25.4 Å². The maximum absolute atomic E-state index is 11.2. The van der Waals surface area contributed by atoms with E-state index in [-0.39, 0.29) is 11.5 Å². The van der Waals surface area contributed by atoms with Gasteiger partial charge in [-0.15, -0.1) is 5.10 Å². The van der Waals surface area contributed by atoms with Crippen molar-refractivity contribution < 1.29 is 14.6 Å². The maximum Gasteiger partial charge on any atom is 0.333 e. The van der Waals surface area contributed by atoms with Crippen molar-refractivity contribution in [3.63, 3.8) is 0 Å². The lowest BCUT2D eigenvalue weighted by Crippen LogP contribution is -2.08. The molecule has 7 heteroatoms. The Hall–Kier alpha value is -2.34. The fourth-order valence-electron chi connectivity index (χ4n) is 1.87. The first-order chi connectivity index (χ1) is 10.4. The molecule has 0 aliphatic carbocycles. The third-order valence-electron chi connectivity index (χ3n) is 3.01. The monoisotopic (exact) mass is 321 g/mol. The van der Waals surface area contributed by atoms with Gasteiger partial charge >= 0.3 is 5.97 Å². The normalized spacial score (nSPS) is 11.8. The van der Waals surface area contributed by atoms with Gasteiger partial charge in [-0.3, -0.25) is 0 Å². The van der Waals surface area contributed by atoms with Gasteiger partial charge in [0.05, 0.1) is 12.7 Å². The van der Waals surface area contributed by atoms with Crippen LogP contribution in [0.15, 0.2) is 30.1 Å². The van der Waals surface area contributed by atoms with Crippen molar-refractivity contribution in [1.82, 2.24) is 14.8 Å². The molecular weight excluding hydrogens is 306 g/mol. The second-order valence-corrected chi connectivity index (χ2v) is 5.41. The van der Waals surface area contributed by atoms with Gasteiger partial charge in [-0.25, -0.2) is 14.5 Å². The minimum atomic E-state index is -0.975. The number of aliphatic carboxylic acids is 1. The van der Waals surface area contributed by atoms with Crippen molar-refractivity contribution in [2.75, 3.05) is 7.11 Å². The van der Waals surface area contributed by atoms with Gasteiger partial charge in [0.1, 0.15) is 12.1 Å². The van der Waals surface area contributed by atoms with Crippen LogP contribution in [0.4, 0.5) is 0 Å². The molecule has 0 aliphatic rings. The van der Waals surface area contributed by atoms with Crippen LogP contribution in [0.25, 0.3) is 17.6 Å². The topological polar surface area (TPSA) is 77.2 Å². The van der Waals surface area contributed by atoms with Crippen molar-refractivity contribution in [2.24, 2.45) is 5.92 Å². The van der Waals surface area contributed by atoms with Crippen LogP contribution in [0.3, 0.4) is 0 Å². The van der Waals surface area contributed by atoms with Crippen LogP contribution >= 0.6 is 11.6 Å². The van der Waals surface area contributed by atoms with E-state index < -0.39 is 5.97 Å². The van der Waals surface area contributed by atoms with Crippen LogP contribution in [-0.2, 0) is 4.79 Å². The molecule has 0 aliphatic heterocycles. The van der Waals surface area contributed by atoms with Gasteiger partial charge in [0.2, 0.25) is 0 Å². The highest BCUT2D eigenvalue weighted by Gasteiger charge is 2.13. The van der Waals surface area contributed by atoms with Crippen molar-refractivity contribution in [1.29, 1.82) is 0 Å².